The van der Waals surface area contributed by atoms with Crippen LogP contribution in [0.25, 0.3) is 17.1 Å². The Labute approximate surface area is 247 Å². The van der Waals surface area contributed by atoms with Gasteiger partial charge in [0.05, 0.1) is 29.2 Å². The molecule has 0 bridgehead atoms. The fourth-order valence-electron chi connectivity index (χ4n) is 5.15. The average molecular weight is 613 g/mol. The molecule has 3 atom stereocenters. The summed E-state index contributed by atoms with van der Waals surface area (Å²) in [4.78, 5) is 33.6. The molecule has 3 unspecified atom stereocenters. The third-order valence-electron chi connectivity index (χ3n) is 7.27. The second kappa shape index (κ2) is 10.9. The lowest BCUT2D eigenvalue weighted by atomic mass is 10.0. The van der Waals surface area contributed by atoms with E-state index in [1.807, 2.05) is 26.0 Å². The SMILES string of the molecule is CC(NC(=O)N1C(C)c2cc(F)ccc2N2C(=O)CSC21)c1ccc(-c2ncn(-c3ccc(OC(F)(F)F)cc3)n2)cc1. The number of benzene rings is 3. The normalized spacial score (nSPS) is 18.7. The molecule has 2 aliphatic rings. The number of halogens is 4. The van der Waals surface area contributed by atoms with Crippen molar-refractivity contribution in [1.82, 2.24) is 25.0 Å². The Hall–Kier alpha value is -4.59. The number of nitrogens with zero attached hydrogens (tertiary/aromatic N) is 5. The van der Waals surface area contributed by atoms with Crippen LogP contribution in [0.3, 0.4) is 0 Å². The standard InChI is InChI=1S/C29H24F4N6O3S/c1-16(35-27(41)38-17(2)23-13-20(30)7-12-24(23)39-25(40)14-43-28(38)39)18-3-5-19(6-4-18)26-34-15-37(36-26)21-8-10-22(11-9-21)42-29(31,32)33/h3-13,15-17,28H,14H2,1-2H3,(H,35,41). The van der Waals surface area contributed by atoms with Crippen molar-refractivity contribution in [3.63, 3.8) is 0 Å². The number of ether oxygens (including phenoxy) is 1. The van der Waals surface area contributed by atoms with Gasteiger partial charge in [-0.2, -0.15) is 0 Å². The summed E-state index contributed by atoms with van der Waals surface area (Å²) in [7, 11) is 0. The fraction of sp³-hybridized carbons (Fsp3) is 0.241. The zero-order valence-electron chi connectivity index (χ0n) is 22.7. The van der Waals surface area contributed by atoms with Crippen molar-refractivity contribution in [2.24, 2.45) is 0 Å². The van der Waals surface area contributed by atoms with Gasteiger partial charge >= 0.3 is 12.4 Å². The van der Waals surface area contributed by atoms with Crippen molar-refractivity contribution >= 4 is 29.4 Å². The molecule has 0 saturated carbocycles. The lowest BCUT2D eigenvalue weighted by Crippen LogP contribution is -2.55. The number of carbonyl (C=O) groups is 2. The summed E-state index contributed by atoms with van der Waals surface area (Å²) < 4.78 is 56.7. The maximum absolute atomic E-state index is 14.1. The van der Waals surface area contributed by atoms with Crippen LogP contribution in [-0.2, 0) is 4.79 Å². The molecular weight excluding hydrogens is 588 g/mol. The number of hydrogen-bond acceptors (Lipinski definition) is 6. The minimum absolute atomic E-state index is 0.139. The molecule has 4 aromatic rings. The van der Waals surface area contributed by atoms with Crippen LogP contribution >= 0.6 is 11.8 Å². The van der Waals surface area contributed by atoms with Crippen molar-refractivity contribution in [2.75, 3.05) is 10.7 Å². The second-order valence-corrected chi connectivity index (χ2v) is 11.1. The van der Waals surface area contributed by atoms with Gasteiger partial charge in [-0.25, -0.2) is 18.9 Å². The molecule has 3 aromatic carbocycles. The van der Waals surface area contributed by atoms with E-state index >= 15 is 0 Å². The molecule has 222 valence electrons. The molecule has 6 rings (SSSR count). The van der Waals surface area contributed by atoms with Crippen LogP contribution in [0.5, 0.6) is 5.75 Å². The highest BCUT2D eigenvalue weighted by atomic mass is 32.2. The van der Waals surface area contributed by atoms with E-state index in [2.05, 4.69) is 20.1 Å². The minimum Gasteiger partial charge on any atom is -0.406 e. The number of aromatic nitrogens is 3. The Morgan fingerprint density at radius 2 is 1.81 bits per heavy atom. The molecule has 3 heterocycles. The van der Waals surface area contributed by atoms with E-state index in [1.54, 1.807) is 28.0 Å². The van der Waals surface area contributed by atoms with Crippen molar-refractivity contribution in [3.8, 4) is 22.8 Å². The average Bonchev–Trinajstić information content (AvgIpc) is 3.60. The molecule has 0 aliphatic carbocycles. The van der Waals surface area contributed by atoms with Gasteiger partial charge in [0.2, 0.25) is 5.91 Å². The molecular formula is C29H24F4N6O3S. The first-order chi connectivity index (χ1) is 20.5. The lowest BCUT2D eigenvalue weighted by Gasteiger charge is -2.44. The number of anilines is 1. The highest BCUT2D eigenvalue weighted by Gasteiger charge is 2.47. The molecule has 0 radical (unpaired) electrons. The maximum atomic E-state index is 14.1. The van der Waals surface area contributed by atoms with E-state index in [-0.39, 0.29) is 23.4 Å². The molecule has 43 heavy (non-hydrogen) atoms. The minimum atomic E-state index is -4.77. The number of carbonyl (C=O) groups excluding carboxylic acids is 2. The second-order valence-electron chi connectivity index (χ2n) is 10.0. The molecule has 2 aliphatic heterocycles. The van der Waals surface area contributed by atoms with Gasteiger partial charge in [0.1, 0.15) is 17.9 Å². The van der Waals surface area contributed by atoms with Gasteiger partial charge in [0.25, 0.3) is 0 Å². The summed E-state index contributed by atoms with van der Waals surface area (Å²) in [6.07, 6.45) is -3.32. The summed E-state index contributed by atoms with van der Waals surface area (Å²) >= 11 is 1.35. The number of fused-ring (bicyclic) bond motifs is 3. The number of nitrogens with one attached hydrogen (secondary N) is 1. The van der Waals surface area contributed by atoms with Crippen molar-refractivity contribution in [1.29, 1.82) is 0 Å². The van der Waals surface area contributed by atoms with Crippen LogP contribution in [0.4, 0.5) is 28.0 Å². The molecule has 0 spiro atoms. The molecule has 14 heteroatoms. The molecule has 1 fully saturated rings. The highest BCUT2D eigenvalue weighted by molar-refractivity contribution is 8.01. The van der Waals surface area contributed by atoms with Crippen molar-refractivity contribution in [2.45, 2.75) is 37.8 Å². The molecule has 9 nitrogen and oxygen atoms in total. The number of urea groups is 1. The third kappa shape index (κ3) is 5.61. The summed E-state index contributed by atoms with van der Waals surface area (Å²) in [5, 5.41) is 7.41. The summed E-state index contributed by atoms with van der Waals surface area (Å²) in [5.74, 6) is -0.300. The third-order valence-corrected chi connectivity index (χ3v) is 8.42. The van der Waals surface area contributed by atoms with Gasteiger partial charge in [0.15, 0.2) is 11.3 Å². The first-order valence-electron chi connectivity index (χ1n) is 13.2. The van der Waals surface area contributed by atoms with Crippen LogP contribution in [0.15, 0.2) is 73.1 Å². The van der Waals surface area contributed by atoms with E-state index in [1.165, 1.54) is 59.2 Å². The number of alkyl halides is 3. The lowest BCUT2D eigenvalue weighted by molar-refractivity contribution is -0.274. The quantitative estimate of drug-likeness (QED) is 0.271. The topological polar surface area (TPSA) is 92.6 Å². The van der Waals surface area contributed by atoms with Crippen molar-refractivity contribution < 1.29 is 31.9 Å². The van der Waals surface area contributed by atoms with E-state index in [4.69, 9.17) is 0 Å². The maximum Gasteiger partial charge on any atom is 0.573 e. The monoisotopic (exact) mass is 612 g/mol. The van der Waals surface area contributed by atoms with Crippen molar-refractivity contribution in [3.05, 3.63) is 90.0 Å². The van der Waals surface area contributed by atoms with Gasteiger partial charge in [-0.05, 0) is 61.9 Å². The fourth-order valence-corrected chi connectivity index (χ4v) is 6.40. The largest absolute Gasteiger partial charge is 0.573 e. The Balaban J connectivity index is 1.14. The molecule has 1 N–H and O–H groups in total. The Morgan fingerprint density at radius 3 is 2.51 bits per heavy atom. The smallest absolute Gasteiger partial charge is 0.406 e. The van der Waals surface area contributed by atoms with Gasteiger partial charge in [-0.1, -0.05) is 24.3 Å². The van der Waals surface area contributed by atoms with E-state index in [9.17, 15) is 27.2 Å². The van der Waals surface area contributed by atoms with Gasteiger partial charge < -0.3 is 10.1 Å². The molecule has 1 saturated heterocycles. The molecule has 1 aromatic heterocycles. The molecule has 3 amide bonds. The van der Waals surface area contributed by atoms with Gasteiger partial charge in [0, 0.05) is 11.1 Å². The summed E-state index contributed by atoms with van der Waals surface area (Å²) in [6.45, 7) is 3.65. The first-order valence-corrected chi connectivity index (χ1v) is 14.2. The van der Waals surface area contributed by atoms with E-state index in [0.717, 1.165) is 5.56 Å². The summed E-state index contributed by atoms with van der Waals surface area (Å²) in [6, 6.07) is 15.5. The van der Waals surface area contributed by atoms with Crippen LogP contribution in [0, 0.1) is 5.82 Å². The number of rotatable bonds is 5. The zero-order valence-corrected chi connectivity index (χ0v) is 23.6. The predicted molar refractivity (Wildman–Crippen MR) is 151 cm³/mol. The highest BCUT2D eigenvalue weighted by Crippen LogP contribution is 2.45. The van der Waals surface area contributed by atoms with Crippen LogP contribution in [-0.4, -0.2) is 49.2 Å². The Bertz CT molecular complexity index is 1680. The number of thioether (sulfide) groups is 1. The number of hydrogen-bond donors (Lipinski definition) is 1. The van der Waals surface area contributed by atoms with Gasteiger partial charge in [-0.3, -0.25) is 14.6 Å². The summed E-state index contributed by atoms with van der Waals surface area (Å²) in [5.41, 5.74) is 2.64. The van der Waals surface area contributed by atoms with E-state index in [0.29, 0.717) is 28.3 Å². The first kappa shape index (κ1) is 28.5. The van der Waals surface area contributed by atoms with Crippen LogP contribution in [0.2, 0.25) is 0 Å². The number of amides is 3. The van der Waals surface area contributed by atoms with Crippen LogP contribution in [0.1, 0.15) is 37.1 Å². The Kier molecular flexibility index (Phi) is 7.24. The Morgan fingerprint density at radius 1 is 1.09 bits per heavy atom. The van der Waals surface area contributed by atoms with Crippen LogP contribution < -0.4 is 15.0 Å². The van der Waals surface area contributed by atoms with Gasteiger partial charge in [-0.15, -0.1) is 30.0 Å². The predicted octanol–water partition coefficient (Wildman–Crippen LogP) is 6.18. The zero-order chi connectivity index (χ0) is 30.5. The van der Waals surface area contributed by atoms with E-state index < -0.39 is 29.8 Å².